The number of aryl methyl sites for hydroxylation is 1. The summed E-state index contributed by atoms with van der Waals surface area (Å²) in [7, 11) is 4.18. The second-order valence-corrected chi connectivity index (χ2v) is 5.96. The van der Waals surface area contributed by atoms with Gasteiger partial charge in [-0.1, -0.05) is 19.8 Å². The van der Waals surface area contributed by atoms with Crippen LogP contribution < -0.4 is 0 Å². The van der Waals surface area contributed by atoms with Gasteiger partial charge in [-0.2, -0.15) is 0 Å². The summed E-state index contributed by atoms with van der Waals surface area (Å²) in [6.45, 7) is 3.15. The summed E-state index contributed by atoms with van der Waals surface area (Å²) in [4.78, 5) is 6.64. The lowest BCUT2D eigenvalue weighted by Crippen LogP contribution is -2.52. The van der Waals surface area contributed by atoms with Crippen molar-refractivity contribution in [2.75, 3.05) is 14.1 Å². The monoisotopic (exact) mass is 265 g/mol. The predicted molar refractivity (Wildman–Crippen MR) is 77.1 cm³/mol. The molecule has 1 saturated carbocycles. The van der Waals surface area contributed by atoms with E-state index in [4.69, 9.17) is 0 Å². The van der Waals surface area contributed by atoms with E-state index in [9.17, 15) is 5.11 Å². The van der Waals surface area contributed by atoms with Crippen molar-refractivity contribution in [3.8, 4) is 0 Å². The van der Waals surface area contributed by atoms with E-state index in [2.05, 4.69) is 35.5 Å². The highest BCUT2D eigenvalue weighted by atomic mass is 16.3. The molecule has 1 heterocycles. The highest BCUT2D eigenvalue weighted by molar-refractivity contribution is 5.04. The van der Waals surface area contributed by atoms with Crippen LogP contribution in [0.2, 0.25) is 0 Å². The van der Waals surface area contributed by atoms with Gasteiger partial charge < -0.3 is 14.6 Å². The zero-order chi connectivity index (χ0) is 13.9. The molecule has 108 valence electrons. The van der Waals surface area contributed by atoms with E-state index in [1.807, 2.05) is 12.4 Å². The number of nitrogens with zero attached hydrogens (tertiary/aromatic N) is 3. The molecular formula is C15H27N3O. The van der Waals surface area contributed by atoms with Gasteiger partial charge in [-0.05, 0) is 33.4 Å². The molecule has 1 N–H and O–H groups in total. The van der Waals surface area contributed by atoms with Crippen molar-refractivity contribution in [1.29, 1.82) is 0 Å². The molecule has 19 heavy (non-hydrogen) atoms. The first-order valence-corrected chi connectivity index (χ1v) is 7.45. The van der Waals surface area contributed by atoms with Crippen molar-refractivity contribution in [2.24, 2.45) is 0 Å². The van der Waals surface area contributed by atoms with Crippen LogP contribution in [-0.4, -0.2) is 45.3 Å². The molecule has 0 saturated heterocycles. The van der Waals surface area contributed by atoms with Crippen LogP contribution in [0.4, 0.5) is 0 Å². The van der Waals surface area contributed by atoms with Gasteiger partial charge >= 0.3 is 0 Å². The SMILES string of the molecule is CCCn1ccnc1CC(O)C1(N(C)C)CCCC1. The lowest BCUT2D eigenvalue weighted by atomic mass is 9.87. The van der Waals surface area contributed by atoms with E-state index in [-0.39, 0.29) is 11.6 Å². The van der Waals surface area contributed by atoms with E-state index in [0.717, 1.165) is 31.6 Å². The van der Waals surface area contributed by atoms with Gasteiger partial charge in [0.15, 0.2) is 0 Å². The minimum Gasteiger partial charge on any atom is -0.391 e. The minimum atomic E-state index is -0.331. The zero-order valence-corrected chi connectivity index (χ0v) is 12.5. The van der Waals surface area contributed by atoms with E-state index in [1.54, 1.807) is 0 Å². The van der Waals surface area contributed by atoms with Crippen LogP contribution in [0, 0.1) is 0 Å². The maximum absolute atomic E-state index is 10.7. The van der Waals surface area contributed by atoms with Gasteiger partial charge in [-0.3, -0.25) is 0 Å². The summed E-state index contributed by atoms with van der Waals surface area (Å²) in [5.41, 5.74) is -0.0526. The molecule has 0 amide bonds. The highest BCUT2D eigenvalue weighted by Crippen LogP contribution is 2.37. The lowest BCUT2D eigenvalue weighted by Gasteiger charge is -2.40. The van der Waals surface area contributed by atoms with Gasteiger partial charge in [0.25, 0.3) is 0 Å². The van der Waals surface area contributed by atoms with E-state index in [1.165, 1.54) is 12.8 Å². The van der Waals surface area contributed by atoms with E-state index >= 15 is 0 Å². The number of aromatic nitrogens is 2. The minimum absolute atomic E-state index is 0.0526. The fourth-order valence-corrected chi connectivity index (χ4v) is 3.40. The van der Waals surface area contributed by atoms with E-state index in [0.29, 0.717) is 6.42 Å². The maximum Gasteiger partial charge on any atom is 0.111 e. The molecule has 1 aliphatic carbocycles. The Hall–Kier alpha value is -0.870. The van der Waals surface area contributed by atoms with Crippen molar-refractivity contribution in [1.82, 2.24) is 14.5 Å². The smallest absolute Gasteiger partial charge is 0.111 e. The van der Waals surface area contributed by atoms with Crippen LogP contribution in [0.15, 0.2) is 12.4 Å². The van der Waals surface area contributed by atoms with Crippen molar-refractivity contribution in [3.05, 3.63) is 18.2 Å². The fourth-order valence-electron chi connectivity index (χ4n) is 3.40. The third-order valence-corrected chi connectivity index (χ3v) is 4.62. The highest BCUT2D eigenvalue weighted by Gasteiger charge is 2.42. The summed E-state index contributed by atoms with van der Waals surface area (Å²) < 4.78 is 2.17. The average molecular weight is 265 g/mol. The Bertz CT molecular complexity index is 394. The first kappa shape index (κ1) is 14.5. The van der Waals surface area contributed by atoms with Crippen LogP contribution in [0.3, 0.4) is 0 Å². The van der Waals surface area contributed by atoms with Crippen LogP contribution in [0.25, 0.3) is 0 Å². The van der Waals surface area contributed by atoms with Crippen molar-refractivity contribution < 1.29 is 5.11 Å². The van der Waals surface area contributed by atoms with Crippen LogP contribution in [-0.2, 0) is 13.0 Å². The van der Waals surface area contributed by atoms with Crippen LogP contribution >= 0.6 is 0 Å². The molecule has 2 rings (SSSR count). The van der Waals surface area contributed by atoms with E-state index < -0.39 is 0 Å². The zero-order valence-electron chi connectivity index (χ0n) is 12.5. The number of hydrogen-bond acceptors (Lipinski definition) is 3. The fraction of sp³-hybridized carbons (Fsp3) is 0.800. The van der Waals surface area contributed by atoms with Gasteiger partial charge in [0.1, 0.15) is 5.82 Å². The molecule has 1 aliphatic rings. The predicted octanol–water partition coefficient (Wildman–Crippen LogP) is 2.07. The summed E-state index contributed by atoms with van der Waals surface area (Å²) in [6, 6.07) is 0. The summed E-state index contributed by atoms with van der Waals surface area (Å²) in [5, 5.41) is 10.7. The summed E-state index contributed by atoms with van der Waals surface area (Å²) in [5.74, 6) is 1.02. The number of hydrogen-bond donors (Lipinski definition) is 1. The molecule has 0 aliphatic heterocycles. The van der Waals surface area contributed by atoms with Crippen LogP contribution in [0.1, 0.15) is 44.9 Å². The molecule has 1 unspecified atom stereocenters. The second-order valence-electron chi connectivity index (χ2n) is 5.96. The molecule has 0 bridgehead atoms. The van der Waals surface area contributed by atoms with Crippen molar-refractivity contribution in [3.63, 3.8) is 0 Å². The largest absolute Gasteiger partial charge is 0.391 e. The second kappa shape index (κ2) is 6.06. The molecular weight excluding hydrogens is 238 g/mol. The van der Waals surface area contributed by atoms with Gasteiger partial charge in [0.2, 0.25) is 0 Å². The Morgan fingerprint density at radius 2 is 2.11 bits per heavy atom. The van der Waals surface area contributed by atoms with Gasteiger partial charge in [0.05, 0.1) is 6.10 Å². The molecule has 1 fully saturated rings. The Kier molecular flexibility index (Phi) is 4.63. The lowest BCUT2D eigenvalue weighted by molar-refractivity contribution is -0.00402. The van der Waals surface area contributed by atoms with Crippen LogP contribution in [0.5, 0.6) is 0 Å². The molecule has 0 aromatic carbocycles. The van der Waals surface area contributed by atoms with Gasteiger partial charge in [0, 0.05) is 30.9 Å². The topological polar surface area (TPSA) is 41.3 Å². The molecule has 4 nitrogen and oxygen atoms in total. The quantitative estimate of drug-likeness (QED) is 0.856. The summed E-state index contributed by atoms with van der Waals surface area (Å²) >= 11 is 0. The molecule has 1 aromatic heterocycles. The number of rotatable bonds is 6. The molecule has 0 radical (unpaired) electrons. The summed E-state index contributed by atoms with van der Waals surface area (Å²) in [6.07, 6.45) is 9.91. The first-order chi connectivity index (χ1) is 9.10. The number of aliphatic hydroxyl groups excluding tert-OH is 1. The Morgan fingerprint density at radius 1 is 1.42 bits per heavy atom. The van der Waals surface area contributed by atoms with Crippen molar-refractivity contribution in [2.45, 2.75) is 63.6 Å². The molecule has 1 aromatic rings. The molecule has 1 atom stereocenters. The third-order valence-electron chi connectivity index (χ3n) is 4.62. The number of likely N-dealkylation sites (N-methyl/N-ethyl adjacent to an activating group) is 1. The maximum atomic E-state index is 10.7. The standard InChI is InChI=1S/C15H27N3O/c1-4-10-18-11-9-16-14(18)12-13(19)15(17(2)3)7-5-6-8-15/h9,11,13,19H,4-8,10,12H2,1-3H3. The Balaban J connectivity index is 2.10. The average Bonchev–Trinajstić information content (AvgIpc) is 3.00. The number of imidazole rings is 1. The van der Waals surface area contributed by atoms with Gasteiger partial charge in [-0.15, -0.1) is 0 Å². The molecule has 0 spiro atoms. The third kappa shape index (κ3) is 2.84. The van der Waals surface area contributed by atoms with Gasteiger partial charge in [-0.25, -0.2) is 4.98 Å². The van der Waals surface area contributed by atoms with Crippen molar-refractivity contribution >= 4 is 0 Å². The normalized spacial score (nSPS) is 20.1. The Labute approximate surface area is 116 Å². The molecule has 4 heteroatoms. The Morgan fingerprint density at radius 3 is 2.68 bits per heavy atom. The number of aliphatic hydroxyl groups is 1. The first-order valence-electron chi connectivity index (χ1n) is 7.45.